The lowest BCUT2D eigenvalue weighted by Crippen LogP contribution is -2.37. The van der Waals surface area contributed by atoms with Crippen LogP contribution in [-0.4, -0.2) is 26.1 Å². The van der Waals surface area contributed by atoms with Gasteiger partial charge in [-0.1, -0.05) is 0 Å². The molecule has 5 nitrogen and oxygen atoms in total. The lowest BCUT2D eigenvalue weighted by Gasteiger charge is -2.23. The first-order valence-corrected chi connectivity index (χ1v) is 5.95. The van der Waals surface area contributed by atoms with E-state index in [2.05, 4.69) is 4.90 Å². The second kappa shape index (κ2) is 4.40. The maximum Gasteiger partial charge on any atom is 0.225 e. The van der Waals surface area contributed by atoms with Gasteiger partial charge in [-0.2, -0.15) is 0 Å². The summed E-state index contributed by atoms with van der Waals surface area (Å²) < 4.78 is 5.20. The summed E-state index contributed by atoms with van der Waals surface area (Å²) in [5.41, 5.74) is 12.4. The predicted molar refractivity (Wildman–Crippen MR) is 71.5 cm³/mol. The zero-order valence-corrected chi connectivity index (χ0v) is 10.8. The number of hydrogen-bond donors (Lipinski definition) is 2. The Bertz CT molecular complexity index is 475. The maximum absolute atomic E-state index is 11.4. The summed E-state index contributed by atoms with van der Waals surface area (Å²) in [5.74, 6) is 0.410. The van der Waals surface area contributed by atoms with E-state index in [4.69, 9.17) is 16.2 Å². The number of nitrogen functional groups attached to an aromatic ring is 1. The largest absolute Gasteiger partial charge is 0.495 e. The van der Waals surface area contributed by atoms with E-state index in [1.165, 1.54) is 0 Å². The van der Waals surface area contributed by atoms with Crippen LogP contribution in [0.5, 0.6) is 5.75 Å². The van der Waals surface area contributed by atoms with E-state index in [0.29, 0.717) is 18.0 Å². The summed E-state index contributed by atoms with van der Waals surface area (Å²) in [7, 11) is 1.59. The first-order valence-electron chi connectivity index (χ1n) is 5.95. The van der Waals surface area contributed by atoms with Gasteiger partial charge in [0.1, 0.15) is 5.75 Å². The summed E-state index contributed by atoms with van der Waals surface area (Å²) in [5, 5.41) is 0. The monoisotopic (exact) mass is 249 g/mol. The molecule has 1 aromatic carbocycles. The van der Waals surface area contributed by atoms with Crippen molar-refractivity contribution in [1.29, 1.82) is 0 Å². The molecule has 0 bridgehead atoms. The highest BCUT2D eigenvalue weighted by Crippen LogP contribution is 2.35. The Labute approximate surface area is 107 Å². The van der Waals surface area contributed by atoms with Gasteiger partial charge in [-0.25, -0.2) is 0 Å². The smallest absolute Gasteiger partial charge is 0.225 e. The molecule has 5 heteroatoms. The number of benzene rings is 1. The lowest BCUT2D eigenvalue weighted by molar-refractivity contribution is -0.125. The van der Waals surface area contributed by atoms with Crippen molar-refractivity contribution >= 4 is 17.3 Å². The van der Waals surface area contributed by atoms with E-state index >= 15 is 0 Å². The van der Waals surface area contributed by atoms with Gasteiger partial charge in [0.25, 0.3) is 0 Å². The van der Waals surface area contributed by atoms with E-state index in [0.717, 1.165) is 18.7 Å². The van der Waals surface area contributed by atoms with Crippen molar-refractivity contribution in [1.82, 2.24) is 0 Å². The summed E-state index contributed by atoms with van der Waals surface area (Å²) in [6.45, 7) is 3.35. The number of nitrogens with two attached hydrogens (primary N) is 2. The van der Waals surface area contributed by atoms with Gasteiger partial charge >= 0.3 is 0 Å². The standard InChI is InChI=1S/C13H19N3O2/c1-13(12(15)17)5-6-16(8-13)9-3-4-10(14)11(7-9)18-2/h3-4,7H,5-6,8,14H2,1-2H3,(H2,15,17). The molecule has 1 amide bonds. The van der Waals surface area contributed by atoms with Crippen molar-refractivity contribution in [2.45, 2.75) is 13.3 Å². The Hall–Kier alpha value is -1.91. The third-order valence-electron chi connectivity index (χ3n) is 3.65. The number of primary amides is 1. The van der Waals surface area contributed by atoms with Crippen LogP contribution in [-0.2, 0) is 4.79 Å². The van der Waals surface area contributed by atoms with E-state index in [-0.39, 0.29) is 5.91 Å². The molecule has 0 saturated carbocycles. The van der Waals surface area contributed by atoms with E-state index in [9.17, 15) is 4.79 Å². The van der Waals surface area contributed by atoms with Gasteiger partial charge in [0.05, 0.1) is 18.2 Å². The summed E-state index contributed by atoms with van der Waals surface area (Å²) in [4.78, 5) is 13.6. The first kappa shape index (κ1) is 12.5. The number of carbonyl (C=O) groups excluding carboxylic acids is 1. The van der Waals surface area contributed by atoms with Crippen LogP contribution in [0.4, 0.5) is 11.4 Å². The van der Waals surface area contributed by atoms with Gasteiger partial charge in [0, 0.05) is 24.8 Å². The minimum atomic E-state index is -0.450. The average molecular weight is 249 g/mol. The van der Waals surface area contributed by atoms with Crippen LogP contribution >= 0.6 is 0 Å². The number of amides is 1. The molecular weight excluding hydrogens is 230 g/mol. The average Bonchev–Trinajstić information content (AvgIpc) is 2.74. The molecule has 1 unspecified atom stereocenters. The Morgan fingerprint density at radius 3 is 2.78 bits per heavy atom. The molecule has 2 rings (SSSR count). The molecule has 1 saturated heterocycles. The molecule has 1 aliphatic rings. The van der Waals surface area contributed by atoms with Crippen LogP contribution in [0.2, 0.25) is 0 Å². The highest BCUT2D eigenvalue weighted by molar-refractivity contribution is 5.82. The molecular formula is C13H19N3O2. The van der Waals surface area contributed by atoms with Crippen LogP contribution in [0.1, 0.15) is 13.3 Å². The fraction of sp³-hybridized carbons (Fsp3) is 0.462. The number of rotatable bonds is 3. The van der Waals surface area contributed by atoms with Crippen molar-refractivity contribution in [3.8, 4) is 5.75 Å². The zero-order valence-electron chi connectivity index (χ0n) is 10.8. The molecule has 98 valence electrons. The number of hydrogen-bond acceptors (Lipinski definition) is 4. The normalized spacial score (nSPS) is 23.1. The summed E-state index contributed by atoms with van der Waals surface area (Å²) >= 11 is 0. The van der Waals surface area contributed by atoms with Crippen molar-refractivity contribution in [2.24, 2.45) is 11.1 Å². The first-order chi connectivity index (χ1) is 8.46. The fourth-order valence-electron chi connectivity index (χ4n) is 2.28. The second-order valence-corrected chi connectivity index (χ2v) is 5.02. The van der Waals surface area contributed by atoms with Crippen LogP contribution < -0.4 is 21.1 Å². The number of methoxy groups -OCH3 is 1. The molecule has 1 heterocycles. The molecule has 0 spiro atoms. The van der Waals surface area contributed by atoms with Crippen molar-refractivity contribution in [3.05, 3.63) is 18.2 Å². The Morgan fingerprint density at radius 2 is 2.22 bits per heavy atom. The van der Waals surface area contributed by atoms with Gasteiger partial charge in [0.2, 0.25) is 5.91 Å². The van der Waals surface area contributed by atoms with E-state index in [1.807, 2.05) is 25.1 Å². The van der Waals surface area contributed by atoms with Crippen LogP contribution in [0.15, 0.2) is 18.2 Å². The van der Waals surface area contributed by atoms with Crippen LogP contribution in [0, 0.1) is 5.41 Å². The molecule has 1 aromatic rings. The predicted octanol–water partition coefficient (Wildman–Crippen LogP) is 0.979. The second-order valence-electron chi connectivity index (χ2n) is 5.02. The summed E-state index contributed by atoms with van der Waals surface area (Å²) in [6.07, 6.45) is 0.773. The minimum absolute atomic E-state index is 0.243. The SMILES string of the molecule is COc1cc(N2CCC(C)(C(N)=O)C2)ccc1N. The molecule has 0 aliphatic carbocycles. The Morgan fingerprint density at radius 1 is 1.50 bits per heavy atom. The molecule has 1 fully saturated rings. The lowest BCUT2D eigenvalue weighted by atomic mass is 9.89. The van der Waals surface area contributed by atoms with Crippen LogP contribution in [0.25, 0.3) is 0 Å². The fourth-order valence-corrected chi connectivity index (χ4v) is 2.28. The van der Waals surface area contributed by atoms with E-state index < -0.39 is 5.41 Å². The molecule has 0 aromatic heterocycles. The molecule has 0 radical (unpaired) electrons. The number of ether oxygens (including phenoxy) is 1. The van der Waals surface area contributed by atoms with Crippen molar-refractivity contribution in [3.63, 3.8) is 0 Å². The van der Waals surface area contributed by atoms with Gasteiger partial charge in [0.15, 0.2) is 0 Å². The highest BCUT2D eigenvalue weighted by Gasteiger charge is 2.38. The van der Waals surface area contributed by atoms with Crippen LogP contribution in [0.3, 0.4) is 0 Å². The summed E-state index contributed by atoms with van der Waals surface area (Å²) in [6, 6.07) is 5.64. The van der Waals surface area contributed by atoms with Gasteiger partial charge in [-0.15, -0.1) is 0 Å². The highest BCUT2D eigenvalue weighted by atomic mass is 16.5. The number of carbonyl (C=O) groups is 1. The molecule has 18 heavy (non-hydrogen) atoms. The van der Waals surface area contributed by atoms with E-state index in [1.54, 1.807) is 7.11 Å². The van der Waals surface area contributed by atoms with Crippen molar-refractivity contribution in [2.75, 3.05) is 30.8 Å². The van der Waals surface area contributed by atoms with Gasteiger partial charge < -0.3 is 21.1 Å². The Kier molecular flexibility index (Phi) is 3.07. The Balaban J connectivity index is 2.22. The molecule has 1 atom stereocenters. The number of anilines is 2. The number of nitrogens with zero attached hydrogens (tertiary/aromatic N) is 1. The third-order valence-corrected chi connectivity index (χ3v) is 3.65. The van der Waals surface area contributed by atoms with Crippen molar-refractivity contribution < 1.29 is 9.53 Å². The minimum Gasteiger partial charge on any atom is -0.495 e. The van der Waals surface area contributed by atoms with Gasteiger partial charge in [-0.05, 0) is 25.5 Å². The van der Waals surface area contributed by atoms with Gasteiger partial charge in [-0.3, -0.25) is 4.79 Å². The zero-order chi connectivity index (χ0) is 13.3. The molecule has 4 N–H and O–H groups in total. The quantitative estimate of drug-likeness (QED) is 0.782. The molecule has 1 aliphatic heterocycles. The topological polar surface area (TPSA) is 81.6 Å². The third kappa shape index (κ3) is 2.08. The maximum atomic E-state index is 11.4.